The summed E-state index contributed by atoms with van der Waals surface area (Å²) in [5.41, 5.74) is 0.430. The fourth-order valence-electron chi connectivity index (χ4n) is 3.41. The zero-order valence-corrected chi connectivity index (χ0v) is 16.2. The molecule has 1 aromatic carbocycles. The summed E-state index contributed by atoms with van der Waals surface area (Å²) in [5.74, 6) is -3.65. The van der Waals surface area contributed by atoms with Crippen LogP contribution in [0.15, 0.2) is 36.1 Å². The molecule has 9 nitrogen and oxygen atoms in total. The Morgan fingerprint density at radius 1 is 1.30 bits per heavy atom. The van der Waals surface area contributed by atoms with Crippen molar-refractivity contribution in [1.29, 1.82) is 5.26 Å². The third-order valence-electron chi connectivity index (χ3n) is 4.78. The van der Waals surface area contributed by atoms with Crippen molar-refractivity contribution in [3.05, 3.63) is 41.6 Å². The Balaban J connectivity index is 1.67. The van der Waals surface area contributed by atoms with Crippen LogP contribution in [-0.2, 0) is 14.3 Å². The lowest BCUT2D eigenvalue weighted by Crippen LogP contribution is -2.31. The van der Waals surface area contributed by atoms with Gasteiger partial charge in [0.25, 0.3) is 0 Å². The van der Waals surface area contributed by atoms with Crippen molar-refractivity contribution in [3.63, 3.8) is 0 Å². The van der Waals surface area contributed by atoms with Crippen LogP contribution in [0.4, 0.5) is 0 Å². The average Bonchev–Trinajstić information content (AvgIpc) is 3.10. The van der Waals surface area contributed by atoms with Crippen LogP contribution in [0.3, 0.4) is 0 Å². The number of phenolic OH excluding ortho intramolecular Hbond substituents is 2. The van der Waals surface area contributed by atoms with Gasteiger partial charge in [-0.15, -0.1) is 0 Å². The number of nitriles is 1. The maximum Gasteiger partial charge on any atom is 0.344 e. The minimum atomic E-state index is -0.793. The monoisotopic (exact) mass is 412 g/mol. The summed E-state index contributed by atoms with van der Waals surface area (Å²) in [4.78, 5) is 37.9. The normalized spacial score (nSPS) is 19.7. The second-order valence-electron chi connectivity index (χ2n) is 6.83. The van der Waals surface area contributed by atoms with Gasteiger partial charge in [0, 0.05) is 24.9 Å². The van der Waals surface area contributed by atoms with Gasteiger partial charge in [0.1, 0.15) is 28.7 Å². The lowest BCUT2D eigenvalue weighted by Gasteiger charge is -2.20. The summed E-state index contributed by atoms with van der Waals surface area (Å²) in [5, 5.41) is 29.4. The number of esters is 1. The molecule has 1 aromatic rings. The van der Waals surface area contributed by atoms with Crippen molar-refractivity contribution in [2.45, 2.75) is 6.92 Å². The summed E-state index contributed by atoms with van der Waals surface area (Å²) in [6.07, 6.45) is 4.90. The van der Waals surface area contributed by atoms with Gasteiger partial charge in [-0.25, -0.2) is 4.79 Å². The van der Waals surface area contributed by atoms with E-state index in [-0.39, 0.29) is 36.8 Å². The van der Waals surface area contributed by atoms with E-state index in [2.05, 4.69) is 0 Å². The standard InChI is InChI=1S/C21H20N2O7/c1-2-29-19(27)11-30-14-5-16(24)20(17(25)6-14)18(26)10-23-8-13-4-3-12(7-22)21(28)15(13)9-23/h3-6,8,12,15,24-25H,2,9-11H2,1H3. The Labute approximate surface area is 172 Å². The number of hydrogen-bond donors (Lipinski definition) is 2. The number of nitrogens with zero attached hydrogens (tertiary/aromatic N) is 2. The first kappa shape index (κ1) is 20.9. The fraction of sp³-hybridized carbons (Fsp3) is 0.333. The average molecular weight is 412 g/mol. The van der Waals surface area contributed by atoms with Crippen LogP contribution in [0.5, 0.6) is 17.2 Å². The molecule has 0 saturated heterocycles. The summed E-state index contributed by atoms with van der Waals surface area (Å²) < 4.78 is 9.87. The van der Waals surface area contributed by atoms with E-state index in [1.165, 1.54) is 6.08 Å². The number of ether oxygens (including phenoxy) is 2. The van der Waals surface area contributed by atoms with E-state index in [1.54, 1.807) is 24.1 Å². The highest BCUT2D eigenvalue weighted by atomic mass is 16.6. The molecule has 9 heteroatoms. The Morgan fingerprint density at radius 3 is 2.63 bits per heavy atom. The maximum absolute atomic E-state index is 12.7. The lowest BCUT2D eigenvalue weighted by molar-refractivity contribution is -0.145. The number of phenols is 2. The van der Waals surface area contributed by atoms with Gasteiger partial charge in [0.2, 0.25) is 0 Å². The van der Waals surface area contributed by atoms with Crippen LogP contribution in [0.1, 0.15) is 17.3 Å². The van der Waals surface area contributed by atoms with Gasteiger partial charge < -0.3 is 24.6 Å². The van der Waals surface area contributed by atoms with Crippen LogP contribution in [0, 0.1) is 23.2 Å². The fourth-order valence-corrected chi connectivity index (χ4v) is 3.41. The van der Waals surface area contributed by atoms with Crippen molar-refractivity contribution in [2.24, 2.45) is 11.8 Å². The molecule has 1 aliphatic heterocycles. The lowest BCUT2D eigenvalue weighted by atomic mass is 9.84. The van der Waals surface area contributed by atoms with Crippen molar-refractivity contribution in [1.82, 2.24) is 4.90 Å². The Bertz CT molecular complexity index is 967. The zero-order chi connectivity index (χ0) is 21.8. The quantitative estimate of drug-likeness (QED) is 0.501. The number of rotatable bonds is 7. The maximum atomic E-state index is 12.7. The van der Waals surface area contributed by atoms with E-state index in [9.17, 15) is 24.6 Å². The highest BCUT2D eigenvalue weighted by Gasteiger charge is 2.36. The van der Waals surface area contributed by atoms with Gasteiger partial charge >= 0.3 is 5.97 Å². The van der Waals surface area contributed by atoms with E-state index in [1.807, 2.05) is 6.07 Å². The number of fused-ring (bicyclic) bond motifs is 1. The van der Waals surface area contributed by atoms with Crippen molar-refractivity contribution in [3.8, 4) is 23.3 Å². The van der Waals surface area contributed by atoms with E-state index in [0.717, 1.165) is 17.7 Å². The van der Waals surface area contributed by atoms with Gasteiger partial charge in [0.05, 0.1) is 25.1 Å². The molecule has 0 amide bonds. The molecule has 2 atom stereocenters. The number of benzene rings is 1. The smallest absolute Gasteiger partial charge is 0.344 e. The molecular weight excluding hydrogens is 392 g/mol. The van der Waals surface area contributed by atoms with Crippen molar-refractivity contribution < 1.29 is 34.1 Å². The molecular formula is C21H20N2O7. The van der Waals surface area contributed by atoms with Crippen LogP contribution in [-0.4, -0.2) is 59.0 Å². The molecule has 0 aromatic heterocycles. The summed E-state index contributed by atoms with van der Waals surface area (Å²) >= 11 is 0. The SMILES string of the molecule is CCOC(=O)COc1cc(O)c(C(=O)CN2C=C3C=CC(C#N)C(=O)C3C2)c(O)c1. The largest absolute Gasteiger partial charge is 0.507 e. The number of hydrogen-bond acceptors (Lipinski definition) is 9. The van der Waals surface area contributed by atoms with Crippen molar-refractivity contribution in [2.75, 3.05) is 26.3 Å². The minimum Gasteiger partial charge on any atom is -0.507 e. The number of Topliss-reactive ketones (excluding diaryl/α,β-unsaturated/α-hetero) is 2. The molecule has 30 heavy (non-hydrogen) atoms. The Morgan fingerprint density at radius 2 is 2.00 bits per heavy atom. The van der Waals surface area contributed by atoms with Gasteiger partial charge in [0.15, 0.2) is 18.2 Å². The number of ketones is 2. The van der Waals surface area contributed by atoms with Gasteiger partial charge in [-0.1, -0.05) is 12.2 Å². The van der Waals surface area contributed by atoms with Gasteiger partial charge in [-0.3, -0.25) is 9.59 Å². The summed E-state index contributed by atoms with van der Waals surface area (Å²) in [7, 11) is 0. The zero-order valence-electron chi connectivity index (χ0n) is 16.2. The van der Waals surface area contributed by atoms with E-state index < -0.39 is 41.7 Å². The number of aromatic hydroxyl groups is 2. The number of carbonyl (C=O) groups excluding carboxylic acids is 3. The topological polar surface area (TPSA) is 137 Å². The molecule has 1 heterocycles. The molecule has 2 aliphatic rings. The molecule has 0 radical (unpaired) electrons. The number of allylic oxidation sites excluding steroid dienone is 2. The first-order valence-corrected chi connectivity index (χ1v) is 9.29. The molecule has 0 saturated carbocycles. The molecule has 2 N–H and O–H groups in total. The molecule has 1 aliphatic carbocycles. The molecule has 0 bridgehead atoms. The summed E-state index contributed by atoms with van der Waals surface area (Å²) in [6, 6.07) is 4.18. The van der Waals surface area contributed by atoms with Crippen molar-refractivity contribution >= 4 is 17.5 Å². The first-order chi connectivity index (χ1) is 14.3. The molecule has 0 fully saturated rings. The van der Waals surface area contributed by atoms with Gasteiger partial charge in [-0.2, -0.15) is 5.26 Å². The second kappa shape index (κ2) is 8.69. The van der Waals surface area contributed by atoms with Crippen LogP contribution in [0.25, 0.3) is 0 Å². The van der Waals surface area contributed by atoms with Gasteiger partial charge in [-0.05, 0) is 12.5 Å². The number of carbonyl (C=O) groups is 3. The van der Waals surface area contributed by atoms with Crippen LogP contribution >= 0.6 is 0 Å². The Kier molecular flexibility index (Phi) is 6.06. The van der Waals surface area contributed by atoms with E-state index in [4.69, 9.17) is 14.7 Å². The van der Waals surface area contributed by atoms with Crippen LogP contribution < -0.4 is 4.74 Å². The van der Waals surface area contributed by atoms with E-state index >= 15 is 0 Å². The Hall–Kier alpha value is -3.80. The predicted octanol–water partition coefficient (Wildman–Crippen LogP) is 1.32. The van der Waals surface area contributed by atoms with Crippen LogP contribution in [0.2, 0.25) is 0 Å². The third kappa shape index (κ3) is 4.27. The predicted molar refractivity (Wildman–Crippen MR) is 103 cm³/mol. The highest BCUT2D eigenvalue weighted by Crippen LogP contribution is 2.35. The molecule has 156 valence electrons. The first-order valence-electron chi connectivity index (χ1n) is 9.29. The minimum absolute atomic E-state index is 0.00203. The summed E-state index contributed by atoms with van der Waals surface area (Å²) in [6.45, 7) is 1.49. The molecule has 3 rings (SSSR count). The molecule has 2 unspecified atom stereocenters. The second-order valence-corrected chi connectivity index (χ2v) is 6.83. The third-order valence-corrected chi connectivity index (χ3v) is 4.78. The molecule has 0 spiro atoms. The van der Waals surface area contributed by atoms with E-state index in [0.29, 0.717) is 0 Å². The highest BCUT2D eigenvalue weighted by molar-refractivity contribution is 6.03.